The van der Waals surface area contributed by atoms with Gasteiger partial charge in [-0.25, -0.2) is 4.79 Å². The lowest BCUT2D eigenvalue weighted by Gasteiger charge is -2.29. The summed E-state index contributed by atoms with van der Waals surface area (Å²) < 4.78 is 5.13. The third-order valence-corrected chi connectivity index (χ3v) is 2.52. The normalized spacial score (nSPS) is 23.1. The Labute approximate surface area is 85.7 Å². The van der Waals surface area contributed by atoms with Crippen LogP contribution in [0.25, 0.3) is 0 Å². The first kappa shape index (κ1) is 11.2. The van der Waals surface area contributed by atoms with E-state index in [9.17, 15) is 4.79 Å². The number of rotatable bonds is 3. The molecule has 0 radical (unpaired) electrons. The van der Waals surface area contributed by atoms with Gasteiger partial charge in [0.2, 0.25) is 0 Å². The Morgan fingerprint density at radius 3 is 2.93 bits per heavy atom. The van der Waals surface area contributed by atoms with Crippen LogP contribution in [0.1, 0.15) is 19.8 Å². The van der Waals surface area contributed by atoms with Crippen molar-refractivity contribution in [2.45, 2.75) is 19.8 Å². The van der Waals surface area contributed by atoms with Crippen molar-refractivity contribution in [3.05, 3.63) is 12.2 Å². The molecule has 3 nitrogen and oxygen atoms in total. The third kappa shape index (κ3) is 3.50. The molecule has 0 aromatic carbocycles. The predicted octanol–water partition coefficient (Wildman–Crippen LogP) is 1.45. The van der Waals surface area contributed by atoms with Crippen LogP contribution < -0.4 is 0 Å². The molecule has 0 bridgehead atoms. The number of esters is 1. The maximum Gasteiger partial charge on any atom is 0.333 e. The van der Waals surface area contributed by atoms with E-state index in [0.717, 1.165) is 19.5 Å². The molecule has 0 amide bonds. The summed E-state index contributed by atoms with van der Waals surface area (Å²) >= 11 is 0. The van der Waals surface area contributed by atoms with Gasteiger partial charge in [-0.05, 0) is 33.4 Å². The summed E-state index contributed by atoms with van der Waals surface area (Å²) in [5, 5.41) is 0. The number of hydrogen-bond donors (Lipinski definition) is 0. The molecule has 0 aromatic rings. The third-order valence-electron chi connectivity index (χ3n) is 2.52. The summed E-state index contributed by atoms with van der Waals surface area (Å²) in [5.74, 6) is 0.232. The second kappa shape index (κ2) is 5.15. The van der Waals surface area contributed by atoms with Gasteiger partial charge in [0.05, 0.1) is 6.61 Å². The number of piperidine rings is 1. The molecule has 1 rings (SSSR count). The van der Waals surface area contributed by atoms with Gasteiger partial charge in [0, 0.05) is 18.0 Å². The van der Waals surface area contributed by atoms with Crippen LogP contribution in [-0.2, 0) is 9.53 Å². The zero-order chi connectivity index (χ0) is 10.6. The van der Waals surface area contributed by atoms with E-state index in [0.29, 0.717) is 18.1 Å². The van der Waals surface area contributed by atoms with Crippen LogP contribution in [0.4, 0.5) is 0 Å². The van der Waals surface area contributed by atoms with Crippen LogP contribution in [0.15, 0.2) is 12.2 Å². The zero-order valence-electron chi connectivity index (χ0n) is 9.08. The van der Waals surface area contributed by atoms with Gasteiger partial charge in [-0.15, -0.1) is 0 Å². The van der Waals surface area contributed by atoms with Gasteiger partial charge >= 0.3 is 5.97 Å². The molecule has 14 heavy (non-hydrogen) atoms. The molecule has 1 aliphatic rings. The second-order valence-corrected chi connectivity index (χ2v) is 4.15. The lowest BCUT2D eigenvalue weighted by molar-refractivity contribution is -0.140. The first-order valence-electron chi connectivity index (χ1n) is 5.10. The predicted molar refractivity (Wildman–Crippen MR) is 56.0 cm³/mol. The highest BCUT2D eigenvalue weighted by atomic mass is 16.5. The average Bonchev–Trinajstić information content (AvgIpc) is 2.14. The fraction of sp³-hybridized carbons (Fsp3) is 0.727. The Kier molecular flexibility index (Phi) is 4.14. The molecule has 1 aliphatic heterocycles. The van der Waals surface area contributed by atoms with E-state index in [1.54, 1.807) is 6.92 Å². The first-order valence-corrected chi connectivity index (χ1v) is 5.10. The maximum absolute atomic E-state index is 11.1. The topological polar surface area (TPSA) is 29.5 Å². The van der Waals surface area contributed by atoms with Crippen LogP contribution in [0.3, 0.4) is 0 Å². The van der Waals surface area contributed by atoms with E-state index in [1.807, 2.05) is 0 Å². The van der Waals surface area contributed by atoms with Gasteiger partial charge in [0.25, 0.3) is 0 Å². The number of nitrogens with zero attached hydrogens (tertiary/aromatic N) is 1. The van der Waals surface area contributed by atoms with Gasteiger partial charge in [0.1, 0.15) is 0 Å². The molecule has 80 valence electrons. The molecule has 1 saturated heterocycles. The molecule has 0 aromatic heterocycles. The van der Waals surface area contributed by atoms with Crippen LogP contribution in [0.2, 0.25) is 0 Å². The lowest BCUT2D eigenvalue weighted by atomic mass is 10.00. The smallest absolute Gasteiger partial charge is 0.333 e. The van der Waals surface area contributed by atoms with E-state index in [4.69, 9.17) is 4.74 Å². The monoisotopic (exact) mass is 197 g/mol. The summed E-state index contributed by atoms with van der Waals surface area (Å²) in [7, 11) is 2.10. The van der Waals surface area contributed by atoms with E-state index in [1.165, 1.54) is 6.42 Å². The van der Waals surface area contributed by atoms with Crippen LogP contribution >= 0.6 is 0 Å². The number of hydrogen-bond acceptors (Lipinski definition) is 3. The van der Waals surface area contributed by atoms with E-state index < -0.39 is 0 Å². The maximum atomic E-state index is 11.1. The number of carbonyl (C=O) groups is 1. The summed E-state index contributed by atoms with van der Waals surface area (Å²) in [6.45, 7) is 7.95. The summed E-state index contributed by atoms with van der Waals surface area (Å²) in [4.78, 5) is 13.4. The molecule has 0 aliphatic carbocycles. The Balaban J connectivity index is 2.24. The van der Waals surface area contributed by atoms with Crippen LogP contribution in [-0.4, -0.2) is 37.6 Å². The van der Waals surface area contributed by atoms with Crippen LogP contribution in [0, 0.1) is 5.92 Å². The number of ether oxygens (including phenoxy) is 1. The van der Waals surface area contributed by atoms with Crippen molar-refractivity contribution >= 4 is 5.97 Å². The van der Waals surface area contributed by atoms with E-state index >= 15 is 0 Å². The summed E-state index contributed by atoms with van der Waals surface area (Å²) in [6.07, 6.45) is 2.36. The van der Waals surface area contributed by atoms with Crippen molar-refractivity contribution in [3.63, 3.8) is 0 Å². The average molecular weight is 197 g/mol. The van der Waals surface area contributed by atoms with E-state index in [-0.39, 0.29) is 5.97 Å². The highest BCUT2D eigenvalue weighted by Crippen LogP contribution is 2.15. The van der Waals surface area contributed by atoms with Crippen molar-refractivity contribution in [2.24, 2.45) is 5.92 Å². The Morgan fingerprint density at radius 2 is 2.36 bits per heavy atom. The molecule has 0 saturated carbocycles. The Bertz CT molecular complexity index is 225. The minimum atomic E-state index is -0.266. The van der Waals surface area contributed by atoms with Gasteiger partial charge < -0.3 is 9.64 Å². The van der Waals surface area contributed by atoms with Gasteiger partial charge in [-0.1, -0.05) is 6.58 Å². The SMILES string of the molecule is C=C(C)C(=O)OCC1CCCN(C)C1. The largest absolute Gasteiger partial charge is 0.462 e. The van der Waals surface area contributed by atoms with Crippen molar-refractivity contribution in [1.29, 1.82) is 0 Å². The van der Waals surface area contributed by atoms with Gasteiger partial charge in [0.15, 0.2) is 0 Å². The molecule has 0 spiro atoms. The van der Waals surface area contributed by atoms with E-state index in [2.05, 4.69) is 18.5 Å². The fourth-order valence-corrected chi connectivity index (χ4v) is 1.73. The molecule has 1 heterocycles. The Morgan fingerprint density at radius 1 is 1.64 bits per heavy atom. The lowest BCUT2D eigenvalue weighted by Crippen LogP contribution is -2.34. The first-order chi connectivity index (χ1) is 6.59. The second-order valence-electron chi connectivity index (χ2n) is 4.15. The molecule has 1 atom stereocenters. The van der Waals surface area contributed by atoms with Crippen molar-refractivity contribution < 1.29 is 9.53 Å². The molecule has 0 N–H and O–H groups in total. The molecule has 3 heteroatoms. The van der Waals surface area contributed by atoms with Crippen molar-refractivity contribution in [1.82, 2.24) is 4.90 Å². The quantitative estimate of drug-likeness (QED) is 0.506. The molecular formula is C11H19NO2. The summed E-state index contributed by atoms with van der Waals surface area (Å²) in [5.41, 5.74) is 0.481. The zero-order valence-corrected chi connectivity index (χ0v) is 9.08. The van der Waals surface area contributed by atoms with Gasteiger partial charge in [-0.3, -0.25) is 0 Å². The van der Waals surface area contributed by atoms with Crippen molar-refractivity contribution in [3.8, 4) is 0 Å². The fourth-order valence-electron chi connectivity index (χ4n) is 1.73. The summed E-state index contributed by atoms with van der Waals surface area (Å²) in [6, 6.07) is 0. The molecular weight excluding hydrogens is 178 g/mol. The minimum Gasteiger partial charge on any atom is -0.462 e. The van der Waals surface area contributed by atoms with Crippen molar-refractivity contribution in [2.75, 3.05) is 26.7 Å². The number of likely N-dealkylation sites (tertiary alicyclic amines) is 1. The number of carbonyl (C=O) groups excluding carboxylic acids is 1. The van der Waals surface area contributed by atoms with Crippen LogP contribution in [0.5, 0.6) is 0 Å². The minimum absolute atomic E-state index is 0.266. The molecule has 1 fully saturated rings. The molecule has 1 unspecified atom stereocenters. The standard InChI is InChI=1S/C11H19NO2/c1-9(2)11(13)14-8-10-5-4-6-12(3)7-10/h10H,1,4-8H2,2-3H3. The Hall–Kier alpha value is -0.830. The highest BCUT2D eigenvalue weighted by molar-refractivity contribution is 5.86. The van der Waals surface area contributed by atoms with Gasteiger partial charge in [-0.2, -0.15) is 0 Å². The highest BCUT2D eigenvalue weighted by Gasteiger charge is 2.18.